The van der Waals surface area contributed by atoms with Crippen molar-refractivity contribution >= 4 is 17.0 Å². The number of anilines is 1. The van der Waals surface area contributed by atoms with Gasteiger partial charge in [-0.2, -0.15) is 0 Å². The van der Waals surface area contributed by atoms with Gasteiger partial charge in [0.2, 0.25) is 5.82 Å². The Hall–Kier alpha value is -2.29. The third-order valence-corrected chi connectivity index (χ3v) is 3.76. The van der Waals surface area contributed by atoms with Gasteiger partial charge in [0, 0.05) is 7.11 Å². The summed E-state index contributed by atoms with van der Waals surface area (Å²) in [6, 6.07) is 0. The van der Waals surface area contributed by atoms with Crippen molar-refractivity contribution in [1.82, 2.24) is 19.5 Å². The molecule has 1 fully saturated rings. The van der Waals surface area contributed by atoms with Crippen molar-refractivity contribution in [3.8, 4) is 11.8 Å². The van der Waals surface area contributed by atoms with Gasteiger partial charge in [0.1, 0.15) is 30.4 Å². The molecule has 0 amide bonds. The molecular weight excluding hydrogens is 318 g/mol. The number of hydrogen-bond acceptors (Lipinski definition) is 9. The van der Waals surface area contributed by atoms with Crippen LogP contribution in [0.1, 0.15) is 12.1 Å². The number of fused-ring (bicyclic) bond motifs is 1. The van der Waals surface area contributed by atoms with E-state index >= 15 is 0 Å². The summed E-state index contributed by atoms with van der Waals surface area (Å²) in [5.74, 6) is 5.25. The second kappa shape index (κ2) is 6.68. The maximum absolute atomic E-state index is 10.4. The summed E-state index contributed by atoms with van der Waals surface area (Å²) < 4.78 is 12.3. The van der Waals surface area contributed by atoms with E-state index in [-0.39, 0.29) is 24.9 Å². The highest BCUT2D eigenvalue weighted by Crippen LogP contribution is 2.33. The number of aliphatic hydroxyl groups is 3. The summed E-state index contributed by atoms with van der Waals surface area (Å²) in [4.78, 5) is 12.4. The predicted octanol–water partition coefficient (Wildman–Crippen LogP) is -1.98. The van der Waals surface area contributed by atoms with E-state index in [1.807, 2.05) is 0 Å². The lowest BCUT2D eigenvalue weighted by atomic mass is 10.1. The number of nitrogen functional groups attached to an aromatic ring is 1. The Morgan fingerprint density at radius 2 is 2.21 bits per heavy atom. The number of methoxy groups -OCH3 is 1. The van der Waals surface area contributed by atoms with Gasteiger partial charge >= 0.3 is 0 Å². The van der Waals surface area contributed by atoms with Gasteiger partial charge in [0.15, 0.2) is 17.7 Å². The van der Waals surface area contributed by atoms with Crippen LogP contribution in [0.25, 0.3) is 11.2 Å². The molecule has 0 saturated carbocycles. The SMILES string of the molecule is COC1C(O)[C@H](n2cnc3c(N)nc(C#CCO)nc32)O[C@@H]1CO. The van der Waals surface area contributed by atoms with Gasteiger partial charge in [0.25, 0.3) is 0 Å². The Balaban J connectivity index is 2.05. The van der Waals surface area contributed by atoms with Crippen LogP contribution in [0, 0.1) is 11.8 Å². The Morgan fingerprint density at radius 1 is 1.42 bits per heavy atom. The van der Waals surface area contributed by atoms with E-state index in [4.69, 9.17) is 20.3 Å². The molecule has 10 nitrogen and oxygen atoms in total. The van der Waals surface area contributed by atoms with Crippen LogP contribution < -0.4 is 5.73 Å². The molecule has 3 rings (SSSR count). The molecule has 0 aromatic carbocycles. The summed E-state index contributed by atoms with van der Waals surface area (Å²) in [7, 11) is 1.43. The fourth-order valence-corrected chi connectivity index (χ4v) is 2.69. The molecule has 0 aliphatic carbocycles. The Bertz CT molecular complexity index is 798. The number of hydrogen-bond donors (Lipinski definition) is 4. The zero-order valence-electron chi connectivity index (χ0n) is 12.8. The first-order valence-corrected chi connectivity index (χ1v) is 7.17. The minimum Gasteiger partial charge on any atom is -0.394 e. The molecular formula is C14H17N5O5. The van der Waals surface area contributed by atoms with Crippen molar-refractivity contribution in [3.05, 3.63) is 12.2 Å². The summed E-state index contributed by atoms with van der Waals surface area (Å²) in [5, 5.41) is 28.6. The molecule has 24 heavy (non-hydrogen) atoms. The molecule has 1 aliphatic rings. The largest absolute Gasteiger partial charge is 0.394 e. The van der Waals surface area contributed by atoms with Gasteiger partial charge in [0.05, 0.1) is 12.9 Å². The topological polar surface area (TPSA) is 149 Å². The molecule has 2 aromatic heterocycles. The molecule has 2 unspecified atom stereocenters. The van der Waals surface area contributed by atoms with Crippen molar-refractivity contribution in [3.63, 3.8) is 0 Å². The zero-order valence-corrected chi connectivity index (χ0v) is 12.8. The first kappa shape index (κ1) is 16.6. The van der Waals surface area contributed by atoms with Crippen molar-refractivity contribution in [2.75, 3.05) is 26.1 Å². The van der Waals surface area contributed by atoms with Crippen molar-refractivity contribution in [2.45, 2.75) is 24.5 Å². The monoisotopic (exact) mass is 335 g/mol. The minimum absolute atomic E-state index is 0.116. The fourth-order valence-electron chi connectivity index (χ4n) is 2.69. The van der Waals surface area contributed by atoms with Crippen LogP contribution >= 0.6 is 0 Å². The summed E-state index contributed by atoms with van der Waals surface area (Å²) in [5.41, 5.74) is 6.51. The van der Waals surface area contributed by atoms with E-state index in [0.717, 1.165) is 0 Å². The number of aromatic nitrogens is 4. The third-order valence-electron chi connectivity index (χ3n) is 3.76. The first-order chi connectivity index (χ1) is 11.6. The lowest BCUT2D eigenvalue weighted by Crippen LogP contribution is -2.35. The number of ether oxygens (including phenoxy) is 2. The fraction of sp³-hybridized carbons (Fsp3) is 0.500. The van der Waals surface area contributed by atoms with Crippen LogP contribution in [-0.4, -0.2) is 73.5 Å². The van der Waals surface area contributed by atoms with E-state index in [2.05, 4.69) is 26.8 Å². The second-order valence-electron chi connectivity index (χ2n) is 5.15. The molecule has 0 bridgehead atoms. The highest BCUT2D eigenvalue weighted by Gasteiger charge is 2.45. The lowest BCUT2D eigenvalue weighted by Gasteiger charge is -2.17. The smallest absolute Gasteiger partial charge is 0.209 e. The van der Waals surface area contributed by atoms with Crippen LogP contribution in [0.2, 0.25) is 0 Å². The van der Waals surface area contributed by atoms with Crippen LogP contribution in [0.15, 0.2) is 6.33 Å². The van der Waals surface area contributed by atoms with E-state index in [0.29, 0.717) is 11.2 Å². The molecule has 5 N–H and O–H groups in total. The molecule has 0 radical (unpaired) electrons. The van der Waals surface area contributed by atoms with E-state index in [1.54, 1.807) is 0 Å². The minimum atomic E-state index is -1.03. The van der Waals surface area contributed by atoms with Crippen LogP contribution in [0.4, 0.5) is 5.82 Å². The molecule has 10 heteroatoms. The van der Waals surface area contributed by atoms with Crippen molar-refractivity contribution in [2.24, 2.45) is 0 Å². The third kappa shape index (κ3) is 2.68. The van der Waals surface area contributed by atoms with Gasteiger partial charge in [-0.1, -0.05) is 5.92 Å². The van der Waals surface area contributed by atoms with Crippen LogP contribution in [0.3, 0.4) is 0 Å². The second-order valence-corrected chi connectivity index (χ2v) is 5.15. The van der Waals surface area contributed by atoms with E-state index in [9.17, 15) is 10.2 Å². The number of rotatable bonds is 3. The average molecular weight is 335 g/mol. The van der Waals surface area contributed by atoms with Gasteiger partial charge in [-0.15, -0.1) is 0 Å². The van der Waals surface area contributed by atoms with Gasteiger partial charge in [-0.05, 0) is 5.92 Å². The molecule has 1 aliphatic heterocycles. The average Bonchev–Trinajstić information content (AvgIpc) is 3.13. The molecule has 4 atom stereocenters. The standard InChI is InChI=1S/C14H17N5O5/c1-23-11-7(5-21)24-14(10(11)22)19-6-16-9-12(15)17-8(3-2-4-20)18-13(9)19/h6-7,10-11,14,20-22H,4-5H2,1H3,(H2,15,17,18)/t7-,10?,11?,14-/m1/s1. The van der Waals surface area contributed by atoms with Gasteiger partial charge < -0.3 is 30.5 Å². The van der Waals surface area contributed by atoms with Gasteiger partial charge in [-0.3, -0.25) is 4.57 Å². The van der Waals surface area contributed by atoms with E-state index < -0.39 is 24.5 Å². The van der Waals surface area contributed by atoms with E-state index in [1.165, 1.54) is 18.0 Å². The van der Waals surface area contributed by atoms with Gasteiger partial charge in [-0.25, -0.2) is 15.0 Å². The zero-order chi connectivity index (χ0) is 17.3. The predicted molar refractivity (Wildman–Crippen MR) is 81.5 cm³/mol. The molecule has 128 valence electrons. The maximum atomic E-state index is 10.4. The molecule has 3 heterocycles. The number of nitrogens with two attached hydrogens (primary N) is 1. The molecule has 0 spiro atoms. The van der Waals surface area contributed by atoms with Crippen molar-refractivity contribution < 1.29 is 24.8 Å². The number of aliphatic hydroxyl groups excluding tert-OH is 3. The molecule has 2 aromatic rings. The summed E-state index contributed by atoms with van der Waals surface area (Å²) >= 11 is 0. The highest BCUT2D eigenvalue weighted by atomic mass is 16.6. The van der Waals surface area contributed by atoms with Crippen molar-refractivity contribution in [1.29, 1.82) is 0 Å². The maximum Gasteiger partial charge on any atom is 0.209 e. The quantitative estimate of drug-likeness (QED) is 0.468. The van der Waals surface area contributed by atoms with Crippen LogP contribution in [-0.2, 0) is 9.47 Å². The Morgan fingerprint density at radius 3 is 2.83 bits per heavy atom. The Labute approximate surface area is 136 Å². The summed E-state index contributed by atoms with van der Waals surface area (Å²) in [6.45, 7) is -0.637. The summed E-state index contributed by atoms with van der Waals surface area (Å²) in [6.07, 6.45) is -1.84. The highest BCUT2D eigenvalue weighted by molar-refractivity contribution is 5.82. The first-order valence-electron chi connectivity index (χ1n) is 7.17. The Kier molecular flexibility index (Phi) is 4.61. The number of imidazole rings is 1. The number of nitrogens with zero attached hydrogens (tertiary/aromatic N) is 4. The lowest BCUT2D eigenvalue weighted by molar-refractivity contribution is -0.0535. The normalized spacial score (nSPS) is 26.5. The molecule has 1 saturated heterocycles. The van der Waals surface area contributed by atoms with Crippen LogP contribution in [0.5, 0.6) is 0 Å².